The minimum absolute atomic E-state index is 0.278. The number of urea groups is 1. The second-order valence-electron chi connectivity index (χ2n) is 6.32. The van der Waals surface area contributed by atoms with Gasteiger partial charge in [0.1, 0.15) is 0 Å². The molecular weight excluding hydrogens is 362 g/mol. The second kappa shape index (κ2) is 8.83. The summed E-state index contributed by atoms with van der Waals surface area (Å²) in [5, 5.41) is 7.57. The highest BCUT2D eigenvalue weighted by molar-refractivity contribution is 7.10. The summed E-state index contributed by atoms with van der Waals surface area (Å²) in [4.78, 5) is 27.9. The standard InChI is InChI=1S/C20H23N3O3S/c1-3-26-19(24)17-15(13-23(2)12-14-8-5-4-6-9-14)21-20(25)22-18(17)16-10-7-11-27-16/h4-11,18H,3,12-13H2,1-2H3,(H2,21,22,25)/t18-/m0/s1. The Morgan fingerprint density at radius 3 is 2.63 bits per heavy atom. The Balaban J connectivity index is 1.89. The van der Waals surface area contributed by atoms with Crippen LogP contribution in [0.2, 0.25) is 0 Å². The Morgan fingerprint density at radius 2 is 1.96 bits per heavy atom. The van der Waals surface area contributed by atoms with E-state index in [0.29, 0.717) is 24.4 Å². The second-order valence-corrected chi connectivity index (χ2v) is 7.30. The number of esters is 1. The molecule has 0 saturated carbocycles. The van der Waals surface area contributed by atoms with Gasteiger partial charge in [-0.2, -0.15) is 0 Å². The lowest BCUT2D eigenvalue weighted by Gasteiger charge is -2.30. The summed E-state index contributed by atoms with van der Waals surface area (Å²) >= 11 is 1.50. The highest BCUT2D eigenvalue weighted by Gasteiger charge is 2.34. The third-order valence-corrected chi connectivity index (χ3v) is 5.14. The third-order valence-electron chi connectivity index (χ3n) is 4.20. The van der Waals surface area contributed by atoms with Crippen molar-refractivity contribution in [2.24, 2.45) is 0 Å². The van der Waals surface area contributed by atoms with Gasteiger partial charge in [-0.3, -0.25) is 4.90 Å². The Bertz CT molecular complexity index is 818. The Kier molecular flexibility index (Phi) is 6.26. The van der Waals surface area contributed by atoms with Crippen LogP contribution in [0.25, 0.3) is 0 Å². The van der Waals surface area contributed by atoms with Gasteiger partial charge in [0.05, 0.1) is 18.2 Å². The van der Waals surface area contributed by atoms with Gasteiger partial charge < -0.3 is 15.4 Å². The number of amides is 2. The van der Waals surface area contributed by atoms with E-state index in [1.54, 1.807) is 6.92 Å². The molecule has 0 unspecified atom stereocenters. The fraction of sp³-hybridized carbons (Fsp3) is 0.300. The molecule has 2 N–H and O–H groups in total. The molecule has 0 radical (unpaired) electrons. The molecule has 0 bridgehead atoms. The molecule has 142 valence electrons. The van der Waals surface area contributed by atoms with Gasteiger partial charge in [-0.15, -0.1) is 11.3 Å². The summed E-state index contributed by atoms with van der Waals surface area (Å²) in [5.74, 6) is -0.411. The first kappa shape index (κ1) is 19.1. The molecule has 7 heteroatoms. The minimum atomic E-state index is -0.502. The van der Waals surface area contributed by atoms with Crippen LogP contribution in [-0.4, -0.2) is 37.1 Å². The molecule has 2 amide bonds. The van der Waals surface area contributed by atoms with E-state index in [1.807, 2.05) is 54.9 Å². The van der Waals surface area contributed by atoms with Crippen molar-refractivity contribution in [1.82, 2.24) is 15.5 Å². The molecule has 2 aromatic rings. The lowest BCUT2D eigenvalue weighted by atomic mass is 10.0. The molecule has 1 aromatic heterocycles. The molecular formula is C20H23N3O3S. The molecule has 1 atom stereocenters. The maximum Gasteiger partial charge on any atom is 0.338 e. The van der Waals surface area contributed by atoms with Crippen molar-refractivity contribution in [1.29, 1.82) is 0 Å². The molecule has 1 aliphatic heterocycles. The minimum Gasteiger partial charge on any atom is -0.463 e. The fourth-order valence-corrected chi connectivity index (χ4v) is 3.87. The number of hydrogen-bond donors (Lipinski definition) is 2. The van der Waals surface area contributed by atoms with E-state index in [-0.39, 0.29) is 12.6 Å². The number of hydrogen-bond acceptors (Lipinski definition) is 5. The monoisotopic (exact) mass is 385 g/mol. The number of rotatable bonds is 7. The quantitative estimate of drug-likeness (QED) is 0.719. The van der Waals surface area contributed by atoms with Crippen LogP contribution in [0.1, 0.15) is 23.4 Å². The van der Waals surface area contributed by atoms with Crippen LogP contribution in [0.3, 0.4) is 0 Å². The molecule has 3 rings (SSSR count). The van der Waals surface area contributed by atoms with Gasteiger partial charge in [-0.25, -0.2) is 9.59 Å². The van der Waals surface area contributed by atoms with Crippen molar-refractivity contribution in [3.63, 3.8) is 0 Å². The average Bonchev–Trinajstić information content (AvgIpc) is 3.16. The molecule has 0 saturated heterocycles. The number of thiophene rings is 1. The zero-order chi connectivity index (χ0) is 19.2. The normalized spacial score (nSPS) is 16.9. The van der Waals surface area contributed by atoms with Crippen molar-refractivity contribution in [2.75, 3.05) is 20.2 Å². The Labute approximate surface area is 162 Å². The number of nitrogens with zero attached hydrogens (tertiary/aromatic N) is 1. The lowest BCUT2D eigenvalue weighted by Crippen LogP contribution is -2.48. The first-order valence-electron chi connectivity index (χ1n) is 8.82. The average molecular weight is 385 g/mol. The van der Waals surface area contributed by atoms with Crippen molar-refractivity contribution in [3.8, 4) is 0 Å². The predicted molar refractivity (Wildman–Crippen MR) is 105 cm³/mol. The van der Waals surface area contributed by atoms with Crippen LogP contribution in [0.15, 0.2) is 59.1 Å². The maximum atomic E-state index is 12.7. The zero-order valence-electron chi connectivity index (χ0n) is 15.4. The van der Waals surface area contributed by atoms with Crippen LogP contribution in [0.5, 0.6) is 0 Å². The van der Waals surface area contributed by atoms with Gasteiger partial charge in [0, 0.05) is 23.7 Å². The van der Waals surface area contributed by atoms with E-state index < -0.39 is 12.0 Å². The van der Waals surface area contributed by atoms with Gasteiger partial charge in [0.25, 0.3) is 0 Å². The summed E-state index contributed by atoms with van der Waals surface area (Å²) in [6.07, 6.45) is 0. The Hall–Kier alpha value is -2.64. The van der Waals surface area contributed by atoms with Crippen molar-refractivity contribution in [3.05, 3.63) is 69.6 Å². The van der Waals surface area contributed by atoms with Gasteiger partial charge in [0.2, 0.25) is 0 Å². The third kappa shape index (κ3) is 4.75. The highest BCUT2D eigenvalue weighted by atomic mass is 32.1. The van der Waals surface area contributed by atoms with Gasteiger partial charge >= 0.3 is 12.0 Å². The number of nitrogens with one attached hydrogen (secondary N) is 2. The lowest BCUT2D eigenvalue weighted by molar-refractivity contribution is -0.139. The molecule has 0 aliphatic carbocycles. The molecule has 0 fully saturated rings. The molecule has 1 aliphatic rings. The van der Waals surface area contributed by atoms with Crippen LogP contribution >= 0.6 is 11.3 Å². The molecule has 0 spiro atoms. The van der Waals surface area contributed by atoms with Crippen LogP contribution < -0.4 is 10.6 Å². The van der Waals surface area contributed by atoms with Gasteiger partial charge in [-0.05, 0) is 31.0 Å². The molecule has 1 aromatic carbocycles. The molecule has 6 nitrogen and oxygen atoms in total. The van der Waals surface area contributed by atoms with Gasteiger partial charge in [0.15, 0.2) is 0 Å². The zero-order valence-corrected chi connectivity index (χ0v) is 16.2. The number of carbonyl (C=O) groups excluding carboxylic acids is 2. The van der Waals surface area contributed by atoms with Crippen molar-refractivity contribution < 1.29 is 14.3 Å². The van der Waals surface area contributed by atoms with Crippen molar-refractivity contribution in [2.45, 2.75) is 19.5 Å². The summed E-state index contributed by atoms with van der Waals surface area (Å²) in [5.41, 5.74) is 2.20. The topological polar surface area (TPSA) is 70.7 Å². The van der Waals surface area contributed by atoms with E-state index in [1.165, 1.54) is 11.3 Å². The number of carbonyl (C=O) groups is 2. The van der Waals surface area contributed by atoms with E-state index in [0.717, 1.165) is 10.4 Å². The molecule has 2 heterocycles. The predicted octanol–water partition coefficient (Wildman–Crippen LogP) is 3.05. The number of benzene rings is 1. The largest absolute Gasteiger partial charge is 0.463 e. The van der Waals surface area contributed by atoms with Gasteiger partial charge in [-0.1, -0.05) is 36.4 Å². The highest BCUT2D eigenvalue weighted by Crippen LogP contribution is 2.30. The summed E-state index contributed by atoms with van der Waals surface area (Å²) in [6.45, 7) is 3.18. The SMILES string of the molecule is CCOC(=O)C1=C(CN(C)Cc2ccccc2)NC(=O)N[C@H]1c1cccs1. The first-order chi connectivity index (χ1) is 13.1. The summed E-state index contributed by atoms with van der Waals surface area (Å²) in [7, 11) is 1.96. The first-order valence-corrected chi connectivity index (χ1v) is 9.70. The van der Waals surface area contributed by atoms with Crippen LogP contribution in [0.4, 0.5) is 4.79 Å². The van der Waals surface area contributed by atoms with Crippen LogP contribution in [-0.2, 0) is 16.1 Å². The smallest absolute Gasteiger partial charge is 0.338 e. The fourth-order valence-electron chi connectivity index (χ4n) is 3.08. The van der Waals surface area contributed by atoms with E-state index >= 15 is 0 Å². The van der Waals surface area contributed by atoms with E-state index in [2.05, 4.69) is 15.5 Å². The summed E-state index contributed by atoms with van der Waals surface area (Å²) in [6, 6.07) is 13.0. The molecule has 27 heavy (non-hydrogen) atoms. The van der Waals surface area contributed by atoms with Crippen molar-refractivity contribution >= 4 is 23.3 Å². The summed E-state index contributed by atoms with van der Waals surface area (Å²) < 4.78 is 5.27. The van der Waals surface area contributed by atoms with E-state index in [9.17, 15) is 9.59 Å². The Morgan fingerprint density at radius 1 is 1.19 bits per heavy atom. The van der Waals surface area contributed by atoms with E-state index in [4.69, 9.17) is 4.74 Å². The number of ether oxygens (including phenoxy) is 1. The maximum absolute atomic E-state index is 12.7. The number of likely N-dealkylation sites (N-methyl/N-ethyl adjacent to an activating group) is 1. The van der Waals surface area contributed by atoms with Crippen LogP contribution in [0, 0.1) is 0 Å².